The number of hydrazine groups is 1. The van der Waals surface area contributed by atoms with Crippen LogP contribution in [0.3, 0.4) is 0 Å². The SMILES string of the molecule is CCOc1nc(NN)nc(Oc2cc(Br)ccc2C)n1. The van der Waals surface area contributed by atoms with Crippen LogP contribution in [0.15, 0.2) is 22.7 Å². The molecule has 0 saturated carbocycles. The minimum atomic E-state index is 0.109. The van der Waals surface area contributed by atoms with E-state index in [0.29, 0.717) is 12.4 Å². The van der Waals surface area contributed by atoms with Gasteiger partial charge >= 0.3 is 12.0 Å². The molecule has 0 spiro atoms. The van der Waals surface area contributed by atoms with E-state index in [4.69, 9.17) is 15.3 Å². The number of hydrogen-bond donors (Lipinski definition) is 2. The van der Waals surface area contributed by atoms with E-state index in [-0.39, 0.29) is 18.0 Å². The van der Waals surface area contributed by atoms with E-state index >= 15 is 0 Å². The van der Waals surface area contributed by atoms with Crippen LogP contribution in [0.2, 0.25) is 0 Å². The molecule has 0 aliphatic heterocycles. The van der Waals surface area contributed by atoms with Crippen molar-refractivity contribution < 1.29 is 9.47 Å². The van der Waals surface area contributed by atoms with E-state index in [2.05, 4.69) is 36.3 Å². The van der Waals surface area contributed by atoms with Gasteiger partial charge in [0.25, 0.3) is 0 Å². The molecule has 0 unspecified atom stereocenters. The molecule has 2 rings (SSSR count). The standard InChI is InChI=1S/C12H14BrN5O2/c1-3-19-11-15-10(18-14)16-12(17-11)20-9-6-8(13)5-4-7(9)2/h4-6H,3,14H2,1-2H3,(H,15,16,17,18). The van der Waals surface area contributed by atoms with Crippen molar-refractivity contribution in [3.8, 4) is 17.8 Å². The summed E-state index contributed by atoms with van der Waals surface area (Å²) in [5.41, 5.74) is 3.30. The number of nitrogen functional groups attached to an aromatic ring is 1. The molecule has 8 heteroatoms. The molecule has 0 radical (unpaired) electrons. The molecule has 106 valence electrons. The molecule has 1 heterocycles. The fourth-order valence-corrected chi connectivity index (χ4v) is 1.76. The molecule has 0 saturated heterocycles. The van der Waals surface area contributed by atoms with E-state index < -0.39 is 0 Å². The van der Waals surface area contributed by atoms with Gasteiger partial charge in [0.2, 0.25) is 5.95 Å². The average molecular weight is 340 g/mol. The predicted molar refractivity (Wildman–Crippen MR) is 77.8 cm³/mol. The van der Waals surface area contributed by atoms with Crippen LogP contribution in [0.25, 0.3) is 0 Å². The summed E-state index contributed by atoms with van der Waals surface area (Å²) in [6.07, 6.45) is 0. The van der Waals surface area contributed by atoms with Gasteiger partial charge in [-0.15, -0.1) is 4.98 Å². The van der Waals surface area contributed by atoms with Crippen LogP contribution >= 0.6 is 15.9 Å². The van der Waals surface area contributed by atoms with Crippen molar-refractivity contribution in [1.82, 2.24) is 15.0 Å². The maximum atomic E-state index is 5.65. The quantitative estimate of drug-likeness (QED) is 0.637. The van der Waals surface area contributed by atoms with Crippen molar-refractivity contribution in [1.29, 1.82) is 0 Å². The van der Waals surface area contributed by atoms with E-state index in [1.54, 1.807) is 0 Å². The summed E-state index contributed by atoms with van der Waals surface area (Å²) in [6, 6.07) is 5.94. The second kappa shape index (κ2) is 6.49. The Morgan fingerprint density at radius 1 is 1.25 bits per heavy atom. The summed E-state index contributed by atoms with van der Waals surface area (Å²) in [5, 5.41) is 0. The van der Waals surface area contributed by atoms with Crippen molar-refractivity contribution in [3.05, 3.63) is 28.2 Å². The molecule has 20 heavy (non-hydrogen) atoms. The minimum Gasteiger partial charge on any atom is -0.464 e. The summed E-state index contributed by atoms with van der Waals surface area (Å²) in [4.78, 5) is 12.0. The molecule has 7 nitrogen and oxygen atoms in total. The maximum Gasteiger partial charge on any atom is 0.330 e. The number of nitrogens with one attached hydrogen (secondary N) is 1. The number of anilines is 1. The Hall–Kier alpha value is -1.93. The predicted octanol–water partition coefficient (Wildman–Crippen LogP) is 2.42. The van der Waals surface area contributed by atoms with Gasteiger partial charge in [0.15, 0.2) is 0 Å². The summed E-state index contributed by atoms with van der Waals surface area (Å²) >= 11 is 3.39. The van der Waals surface area contributed by atoms with Crippen molar-refractivity contribution >= 4 is 21.9 Å². The van der Waals surface area contributed by atoms with Gasteiger partial charge in [0.1, 0.15) is 5.75 Å². The molecule has 1 aromatic heterocycles. The molecule has 3 N–H and O–H groups in total. The second-order valence-electron chi connectivity index (χ2n) is 3.81. The highest BCUT2D eigenvalue weighted by Gasteiger charge is 2.10. The number of aromatic nitrogens is 3. The van der Waals surface area contributed by atoms with Crippen LogP contribution < -0.4 is 20.7 Å². The van der Waals surface area contributed by atoms with Gasteiger partial charge in [-0.2, -0.15) is 9.97 Å². The van der Waals surface area contributed by atoms with Crippen molar-refractivity contribution in [2.24, 2.45) is 5.84 Å². The maximum absolute atomic E-state index is 5.65. The molecule has 0 atom stereocenters. The zero-order valence-corrected chi connectivity index (χ0v) is 12.6. The highest BCUT2D eigenvalue weighted by molar-refractivity contribution is 9.10. The number of aryl methyl sites for hydroxylation is 1. The number of halogens is 1. The van der Waals surface area contributed by atoms with E-state index in [1.807, 2.05) is 32.0 Å². The molecule has 0 amide bonds. The number of hydrogen-bond acceptors (Lipinski definition) is 7. The fraction of sp³-hybridized carbons (Fsp3) is 0.250. The van der Waals surface area contributed by atoms with Gasteiger partial charge in [-0.25, -0.2) is 5.84 Å². The third kappa shape index (κ3) is 3.55. The van der Waals surface area contributed by atoms with Gasteiger partial charge < -0.3 is 9.47 Å². The highest BCUT2D eigenvalue weighted by Crippen LogP contribution is 2.27. The van der Waals surface area contributed by atoms with Gasteiger partial charge in [0.05, 0.1) is 6.61 Å². The van der Waals surface area contributed by atoms with Gasteiger partial charge in [-0.05, 0) is 31.5 Å². The van der Waals surface area contributed by atoms with Crippen molar-refractivity contribution in [2.45, 2.75) is 13.8 Å². The first-order valence-corrected chi connectivity index (χ1v) is 6.71. The van der Waals surface area contributed by atoms with Crippen LogP contribution in [-0.4, -0.2) is 21.6 Å². The lowest BCUT2D eigenvalue weighted by Gasteiger charge is -2.09. The lowest BCUT2D eigenvalue weighted by Crippen LogP contribution is -2.12. The molecule has 0 aliphatic carbocycles. The van der Waals surface area contributed by atoms with Gasteiger partial charge in [-0.3, -0.25) is 5.43 Å². The molecule has 0 bridgehead atoms. The van der Waals surface area contributed by atoms with Crippen molar-refractivity contribution in [2.75, 3.05) is 12.0 Å². The molecule has 1 aromatic carbocycles. The number of rotatable bonds is 5. The molecule has 0 aliphatic rings. The Kier molecular flexibility index (Phi) is 4.70. The van der Waals surface area contributed by atoms with Crippen LogP contribution in [0.4, 0.5) is 5.95 Å². The fourth-order valence-electron chi connectivity index (χ4n) is 1.42. The largest absolute Gasteiger partial charge is 0.464 e. The lowest BCUT2D eigenvalue weighted by molar-refractivity contribution is 0.303. The van der Waals surface area contributed by atoms with E-state index in [0.717, 1.165) is 10.0 Å². The zero-order valence-electron chi connectivity index (χ0n) is 11.1. The smallest absolute Gasteiger partial charge is 0.330 e. The van der Waals surface area contributed by atoms with Crippen LogP contribution in [0.5, 0.6) is 17.8 Å². The van der Waals surface area contributed by atoms with Crippen LogP contribution in [-0.2, 0) is 0 Å². The summed E-state index contributed by atoms with van der Waals surface area (Å²) < 4.78 is 11.8. The lowest BCUT2D eigenvalue weighted by atomic mass is 10.2. The van der Waals surface area contributed by atoms with Gasteiger partial charge in [0, 0.05) is 4.47 Å². The number of ether oxygens (including phenoxy) is 2. The first-order valence-electron chi connectivity index (χ1n) is 5.92. The number of benzene rings is 1. The summed E-state index contributed by atoms with van der Waals surface area (Å²) in [6.45, 7) is 4.19. The molecule has 0 fully saturated rings. The topological polar surface area (TPSA) is 95.2 Å². The third-order valence-corrected chi connectivity index (χ3v) is 2.84. The first kappa shape index (κ1) is 14.5. The molecule has 2 aromatic rings. The zero-order chi connectivity index (χ0) is 14.5. The second-order valence-corrected chi connectivity index (χ2v) is 4.73. The van der Waals surface area contributed by atoms with Gasteiger partial charge in [-0.1, -0.05) is 22.0 Å². The normalized spacial score (nSPS) is 10.2. The monoisotopic (exact) mass is 339 g/mol. The first-order chi connectivity index (χ1) is 9.62. The Morgan fingerprint density at radius 2 is 2.00 bits per heavy atom. The van der Waals surface area contributed by atoms with E-state index in [9.17, 15) is 0 Å². The Balaban J connectivity index is 2.32. The Bertz CT molecular complexity index is 608. The number of nitrogens with zero attached hydrogens (tertiary/aromatic N) is 3. The Labute approximate surface area is 124 Å². The third-order valence-electron chi connectivity index (χ3n) is 2.35. The minimum absolute atomic E-state index is 0.109. The summed E-state index contributed by atoms with van der Waals surface area (Å²) in [5.74, 6) is 6.12. The Morgan fingerprint density at radius 3 is 2.70 bits per heavy atom. The van der Waals surface area contributed by atoms with E-state index in [1.165, 1.54) is 0 Å². The molecular weight excluding hydrogens is 326 g/mol. The molecular formula is C12H14BrN5O2. The summed E-state index contributed by atoms with van der Waals surface area (Å²) in [7, 11) is 0. The van der Waals surface area contributed by atoms with Crippen LogP contribution in [0.1, 0.15) is 12.5 Å². The number of nitrogens with two attached hydrogens (primary N) is 1. The average Bonchev–Trinajstić information content (AvgIpc) is 2.43. The van der Waals surface area contributed by atoms with Crippen LogP contribution in [0, 0.1) is 6.92 Å². The van der Waals surface area contributed by atoms with Crippen molar-refractivity contribution in [3.63, 3.8) is 0 Å². The highest BCUT2D eigenvalue weighted by atomic mass is 79.9.